The van der Waals surface area contributed by atoms with Gasteiger partial charge in [-0.2, -0.15) is 0 Å². The van der Waals surface area contributed by atoms with Crippen LogP contribution >= 0.6 is 0 Å². The Morgan fingerprint density at radius 3 is 2.83 bits per heavy atom. The minimum absolute atomic E-state index is 0.315. The summed E-state index contributed by atoms with van der Waals surface area (Å²) in [5.41, 5.74) is 9.52. The SMILES string of the molecule is [N-]=[N+]=NC1[C@@H](OCc2ccccc2)CCC[C@@H]1F. The Labute approximate surface area is 105 Å². The standard InChI is InChI=1S/C13H16FN3O/c14-11-7-4-8-12(13(11)16-17-15)18-9-10-5-2-1-3-6-10/h1-3,5-6,11-13H,4,7-9H2/t11-,12-,13?/m0/s1. The van der Waals surface area contributed by atoms with Gasteiger partial charge in [-0.3, -0.25) is 0 Å². The first kappa shape index (κ1) is 12.9. The fourth-order valence-corrected chi connectivity index (χ4v) is 2.25. The largest absolute Gasteiger partial charge is 0.373 e. The van der Waals surface area contributed by atoms with Crippen molar-refractivity contribution in [2.45, 2.75) is 44.2 Å². The minimum atomic E-state index is -1.09. The summed E-state index contributed by atoms with van der Waals surface area (Å²) in [4.78, 5) is 2.72. The summed E-state index contributed by atoms with van der Waals surface area (Å²) < 4.78 is 19.4. The maximum Gasteiger partial charge on any atom is 0.111 e. The molecule has 0 aromatic heterocycles. The van der Waals surface area contributed by atoms with Crippen molar-refractivity contribution < 1.29 is 9.13 Å². The van der Waals surface area contributed by atoms with Crippen LogP contribution in [0, 0.1) is 0 Å². The third-order valence-corrected chi connectivity index (χ3v) is 3.21. The van der Waals surface area contributed by atoms with E-state index in [9.17, 15) is 4.39 Å². The Bertz CT molecular complexity index is 420. The third-order valence-electron chi connectivity index (χ3n) is 3.21. The molecule has 4 nitrogen and oxygen atoms in total. The van der Waals surface area contributed by atoms with E-state index in [0.29, 0.717) is 13.0 Å². The first-order valence-corrected chi connectivity index (χ1v) is 6.15. The number of nitrogens with zero attached hydrogens (tertiary/aromatic N) is 3. The van der Waals surface area contributed by atoms with E-state index >= 15 is 0 Å². The van der Waals surface area contributed by atoms with Crippen LogP contribution in [0.3, 0.4) is 0 Å². The fraction of sp³-hybridized carbons (Fsp3) is 0.538. The zero-order valence-corrected chi connectivity index (χ0v) is 10.1. The van der Waals surface area contributed by atoms with E-state index in [0.717, 1.165) is 18.4 Å². The normalized spacial score (nSPS) is 27.5. The maximum atomic E-state index is 13.7. The first-order chi connectivity index (χ1) is 8.81. The zero-order chi connectivity index (χ0) is 12.8. The molecule has 1 aliphatic carbocycles. The van der Waals surface area contributed by atoms with Crippen LogP contribution in [0.4, 0.5) is 4.39 Å². The van der Waals surface area contributed by atoms with Crippen LogP contribution in [0.15, 0.2) is 35.4 Å². The Kier molecular flexibility index (Phi) is 4.56. The number of azide groups is 1. The average Bonchev–Trinajstić information content (AvgIpc) is 2.41. The number of benzene rings is 1. The smallest absolute Gasteiger partial charge is 0.111 e. The van der Waals surface area contributed by atoms with Crippen LogP contribution in [0.5, 0.6) is 0 Å². The molecule has 18 heavy (non-hydrogen) atoms. The Morgan fingerprint density at radius 2 is 2.11 bits per heavy atom. The fourth-order valence-electron chi connectivity index (χ4n) is 2.25. The van der Waals surface area contributed by atoms with Crippen molar-refractivity contribution in [2.24, 2.45) is 5.11 Å². The highest BCUT2D eigenvalue weighted by Gasteiger charge is 2.33. The first-order valence-electron chi connectivity index (χ1n) is 6.15. The molecule has 3 atom stereocenters. The number of hydrogen-bond acceptors (Lipinski definition) is 2. The maximum absolute atomic E-state index is 13.7. The van der Waals surface area contributed by atoms with Crippen molar-refractivity contribution in [1.82, 2.24) is 0 Å². The van der Waals surface area contributed by atoms with Crippen LogP contribution in [0.1, 0.15) is 24.8 Å². The monoisotopic (exact) mass is 249 g/mol. The molecule has 0 bridgehead atoms. The van der Waals surface area contributed by atoms with Crippen molar-refractivity contribution >= 4 is 0 Å². The van der Waals surface area contributed by atoms with Gasteiger partial charge >= 0.3 is 0 Å². The highest BCUT2D eigenvalue weighted by Crippen LogP contribution is 2.27. The van der Waals surface area contributed by atoms with E-state index in [4.69, 9.17) is 10.3 Å². The molecule has 5 heteroatoms. The van der Waals surface area contributed by atoms with Crippen LogP contribution in [-0.4, -0.2) is 18.3 Å². The molecule has 0 N–H and O–H groups in total. The second kappa shape index (κ2) is 6.38. The number of alkyl halides is 1. The lowest BCUT2D eigenvalue weighted by Crippen LogP contribution is -2.38. The van der Waals surface area contributed by atoms with Crippen molar-refractivity contribution in [3.8, 4) is 0 Å². The molecular formula is C13H16FN3O. The van der Waals surface area contributed by atoms with E-state index < -0.39 is 12.2 Å². The van der Waals surface area contributed by atoms with Crippen molar-refractivity contribution in [3.05, 3.63) is 46.3 Å². The molecule has 1 aromatic rings. The molecular weight excluding hydrogens is 233 g/mol. The van der Waals surface area contributed by atoms with E-state index in [1.54, 1.807) is 0 Å². The predicted molar refractivity (Wildman–Crippen MR) is 66.7 cm³/mol. The van der Waals surface area contributed by atoms with E-state index in [-0.39, 0.29) is 6.10 Å². The Hall–Kier alpha value is -1.58. The van der Waals surface area contributed by atoms with Gasteiger partial charge in [-0.25, -0.2) is 4.39 Å². The summed E-state index contributed by atoms with van der Waals surface area (Å²) >= 11 is 0. The van der Waals surface area contributed by atoms with Gasteiger partial charge in [0.15, 0.2) is 0 Å². The van der Waals surface area contributed by atoms with E-state index in [2.05, 4.69) is 10.0 Å². The van der Waals surface area contributed by atoms with Crippen LogP contribution in [-0.2, 0) is 11.3 Å². The Balaban J connectivity index is 1.96. The second-order valence-electron chi connectivity index (χ2n) is 4.48. The van der Waals surface area contributed by atoms with Gasteiger partial charge in [0.05, 0.1) is 18.8 Å². The minimum Gasteiger partial charge on any atom is -0.373 e. The van der Waals surface area contributed by atoms with Gasteiger partial charge in [0.25, 0.3) is 0 Å². The Morgan fingerprint density at radius 1 is 1.33 bits per heavy atom. The van der Waals surface area contributed by atoms with Crippen molar-refractivity contribution in [1.29, 1.82) is 0 Å². The zero-order valence-electron chi connectivity index (χ0n) is 10.1. The molecule has 0 saturated heterocycles. The van der Waals surface area contributed by atoms with Gasteiger partial charge in [0.1, 0.15) is 6.17 Å². The van der Waals surface area contributed by atoms with Crippen LogP contribution in [0.2, 0.25) is 0 Å². The molecule has 0 aliphatic heterocycles. The number of halogens is 1. The summed E-state index contributed by atoms with van der Waals surface area (Å²) in [5.74, 6) is 0. The van der Waals surface area contributed by atoms with Gasteiger partial charge in [0.2, 0.25) is 0 Å². The van der Waals surface area contributed by atoms with E-state index in [1.165, 1.54) is 0 Å². The van der Waals surface area contributed by atoms with Gasteiger partial charge in [-0.15, -0.1) is 0 Å². The lowest BCUT2D eigenvalue weighted by Gasteiger charge is -2.31. The molecule has 0 heterocycles. The van der Waals surface area contributed by atoms with Crippen molar-refractivity contribution in [2.75, 3.05) is 0 Å². The summed E-state index contributed by atoms with van der Waals surface area (Å²) in [6.07, 6.45) is 0.574. The van der Waals surface area contributed by atoms with E-state index in [1.807, 2.05) is 30.3 Å². The molecule has 1 unspecified atom stereocenters. The average molecular weight is 249 g/mol. The molecule has 1 aromatic carbocycles. The highest BCUT2D eigenvalue weighted by molar-refractivity contribution is 5.13. The molecule has 0 amide bonds. The highest BCUT2D eigenvalue weighted by atomic mass is 19.1. The number of ether oxygens (including phenoxy) is 1. The lowest BCUT2D eigenvalue weighted by atomic mass is 9.91. The summed E-state index contributed by atoms with van der Waals surface area (Å²) in [6, 6.07) is 9.03. The topological polar surface area (TPSA) is 58.0 Å². The van der Waals surface area contributed by atoms with Crippen molar-refractivity contribution in [3.63, 3.8) is 0 Å². The van der Waals surface area contributed by atoms with Gasteiger partial charge in [-0.1, -0.05) is 35.4 Å². The molecule has 2 rings (SSSR count). The molecule has 96 valence electrons. The predicted octanol–water partition coefficient (Wildman–Crippen LogP) is 3.77. The number of hydrogen-bond donors (Lipinski definition) is 0. The quantitative estimate of drug-likeness (QED) is 0.455. The van der Waals surface area contributed by atoms with Crippen LogP contribution < -0.4 is 0 Å². The molecule has 0 spiro atoms. The van der Waals surface area contributed by atoms with Gasteiger partial charge < -0.3 is 4.74 Å². The number of rotatable bonds is 4. The summed E-state index contributed by atoms with van der Waals surface area (Å²) in [7, 11) is 0. The molecule has 1 fully saturated rings. The van der Waals surface area contributed by atoms with Gasteiger partial charge in [-0.05, 0) is 30.4 Å². The summed E-state index contributed by atoms with van der Waals surface area (Å²) in [5, 5.41) is 3.54. The second-order valence-corrected chi connectivity index (χ2v) is 4.48. The lowest BCUT2D eigenvalue weighted by molar-refractivity contribution is -0.0192. The molecule has 1 saturated carbocycles. The molecule has 0 radical (unpaired) electrons. The molecule has 1 aliphatic rings. The van der Waals surface area contributed by atoms with Crippen LogP contribution in [0.25, 0.3) is 10.4 Å². The van der Waals surface area contributed by atoms with Gasteiger partial charge in [0, 0.05) is 4.91 Å². The third kappa shape index (κ3) is 3.22. The summed E-state index contributed by atoms with van der Waals surface area (Å²) in [6.45, 7) is 0.426.